The van der Waals surface area contributed by atoms with Crippen LogP contribution in [0.4, 0.5) is 0 Å². The summed E-state index contributed by atoms with van der Waals surface area (Å²) >= 11 is 0. The van der Waals surface area contributed by atoms with Crippen molar-refractivity contribution < 1.29 is 31.1 Å². The molecule has 0 aliphatic carbocycles. The van der Waals surface area contributed by atoms with Crippen molar-refractivity contribution in [2.24, 2.45) is 10.2 Å². The van der Waals surface area contributed by atoms with E-state index in [2.05, 4.69) is 21.1 Å². The second kappa shape index (κ2) is 12.6. The summed E-state index contributed by atoms with van der Waals surface area (Å²) in [6.45, 7) is 0.393. The number of rotatable bonds is 8. The normalized spacial score (nSPS) is 10.6. The summed E-state index contributed by atoms with van der Waals surface area (Å²) in [4.78, 5) is 23.7. The highest BCUT2D eigenvalue weighted by Gasteiger charge is 2.07. The number of hydrogen-bond acceptors (Lipinski definition) is 4. The van der Waals surface area contributed by atoms with Crippen molar-refractivity contribution >= 4 is 24.2 Å². The van der Waals surface area contributed by atoms with Gasteiger partial charge in [0.05, 0.1) is 12.4 Å². The summed E-state index contributed by atoms with van der Waals surface area (Å²) in [6, 6.07) is 18.6. The second-order valence-corrected chi connectivity index (χ2v) is 6.35. The van der Waals surface area contributed by atoms with E-state index < -0.39 is 0 Å². The van der Waals surface area contributed by atoms with Crippen molar-refractivity contribution in [2.75, 3.05) is 0 Å². The molecule has 0 atom stereocenters. The molecule has 158 valence electrons. The molecule has 2 amide bonds. The van der Waals surface area contributed by atoms with Crippen LogP contribution in [-0.2, 0) is 22.7 Å². The third kappa shape index (κ3) is 8.55. The molecule has 0 spiro atoms. The summed E-state index contributed by atoms with van der Waals surface area (Å²) in [5, 5.41) is 7.92. The molecule has 2 aromatic heterocycles. The first kappa shape index (κ1) is 23.4. The van der Waals surface area contributed by atoms with Crippen LogP contribution >= 0.6 is 0 Å². The third-order valence-electron chi connectivity index (χ3n) is 3.95. The summed E-state index contributed by atoms with van der Waals surface area (Å²) in [7, 11) is 0. The second-order valence-electron chi connectivity index (χ2n) is 6.35. The molecule has 1 aromatic carbocycles. The van der Waals surface area contributed by atoms with Crippen molar-refractivity contribution in [2.45, 2.75) is 13.1 Å². The summed E-state index contributed by atoms with van der Waals surface area (Å²) in [6.07, 6.45) is 10.4. The molecule has 9 heteroatoms. The minimum Gasteiger partial charge on any atom is -1.00 e. The number of amides is 2. The Kier molecular flexibility index (Phi) is 9.51. The molecule has 8 nitrogen and oxygen atoms in total. The van der Waals surface area contributed by atoms with Gasteiger partial charge in [-0.25, -0.2) is 10.9 Å². The molecule has 31 heavy (non-hydrogen) atoms. The Morgan fingerprint density at radius 2 is 1.03 bits per heavy atom. The van der Waals surface area contributed by atoms with Gasteiger partial charge in [-0.15, -0.1) is 0 Å². The lowest BCUT2D eigenvalue weighted by atomic mass is 10.2. The first-order chi connectivity index (χ1) is 14.7. The van der Waals surface area contributed by atoms with Crippen LogP contribution in [0.2, 0.25) is 0 Å². The van der Waals surface area contributed by atoms with Gasteiger partial charge in [0.2, 0.25) is 13.1 Å². The molecule has 3 rings (SSSR count). The third-order valence-corrected chi connectivity index (χ3v) is 3.95. The number of halogens is 1. The van der Waals surface area contributed by atoms with E-state index in [0.29, 0.717) is 0 Å². The van der Waals surface area contributed by atoms with Gasteiger partial charge in [0, 0.05) is 24.3 Å². The zero-order valence-electron chi connectivity index (χ0n) is 16.6. The molecule has 3 aromatic rings. The zero-order valence-corrected chi connectivity index (χ0v) is 17.4. The zero-order chi connectivity index (χ0) is 21.0. The van der Waals surface area contributed by atoms with Crippen molar-refractivity contribution in [3.05, 3.63) is 96.6 Å². The van der Waals surface area contributed by atoms with E-state index in [0.717, 1.165) is 11.1 Å². The lowest BCUT2D eigenvalue weighted by Gasteiger charge is -1.98. The highest BCUT2D eigenvalue weighted by atomic mass is 35.5. The summed E-state index contributed by atoms with van der Waals surface area (Å²) in [5.74, 6) is -0.425. The van der Waals surface area contributed by atoms with Gasteiger partial charge in [-0.2, -0.15) is 19.3 Å². The smallest absolute Gasteiger partial charge is 0.305 e. The van der Waals surface area contributed by atoms with Crippen molar-refractivity contribution in [3.63, 3.8) is 0 Å². The molecule has 2 heterocycles. The van der Waals surface area contributed by atoms with Crippen LogP contribution in [0.3, 0.4) is 0 Å². The van der Waals surface area contributed by atoms with E-state index >= 15 is 0 Å². The van der Waals surface area contributed by atoms with Gasteiger partial charge < -0.3 is 12.4 Å². The number of carbonyl (C=O) groups excluding carboxylic acids is 2. The van der Waals surface area contributed by atoms with E-state index in [-0.39, 0.29) is 37.3 Å². The van der Waals surface area contributed by atoms with Crippen molar-refractivity contribution in [3.8, 4) is 0 Å². The standard InChI is InChI=1S/C22H20N6O2.ClH/c29-21(17-27-11-3-1-4-12-27)25-23-15-19-7-9-20(10-8-19)16-24-26-22(30)18-28-13-5-2-6-14-28;/h1-16H,17-18H2;1H/p+1. The molecule has 2 N–H and O–H groups in total. The van der Waals surface area contributed by atoms with E-state index in [1.807, 2.05) is 85.5 Å². The monoisotopic (exact) mass is 437 g/mol. The van der Waals surface area contributed by atoms with Gasteiger partial charge in [0.15, 0.2) is 24.8 Å². The Labute approximate surface area is 186 Å². The number of pyridine rings is 2. The first-order valence-electron chi connectivity index (χ1n) is 9.31. The van der Waals surface area contributed by atoms with Gasteiger partial charge in [-0.05, 0) is 11.1 Å². The fourth-order valence-electron chi connectivity index (χ4n) is 2.51. The fraction of sp³-hybridized carbons (Fsp3) is 0.0909. The minimum absolute atomic E-state index is 0. The van der Waals surface area contributed by atoms with Gasteiger partial charge in [0.1, 0.15) is 0 Å². The molecule has 0 aliphatic heterocycles. The molecule has 0 unspecified atom stereocenters. The molecule has 0 bridgehead atoms. The van der Waals surface area contributed by atoms with Crippen LogP contribution in [0.1, 0.15) is 11.1 Å². The Hall–Kier alpha value is -3.91. The number of hydrazone groups is 2. The average Bonchev–Trinajstić information content (AvgIpc) is 2.76. The Bertz CT molecular complexity index is 940. The molecule has 0 radical (unpaired) electrons. The van der Waals surface area contributed by atoms with E-state index in [1.54, 1.807) is 21.6 Å². The predicted molar refractivity (Wildman–Crippen MR) is 111 cm³/mol. The predicted octanol–water partition coefficient (Wildman–Crippen LogP) is -2.43. The van der Waals surface area contributed by atoms with Crippen LogP contribution in [0.5, 0.6) is 0 Å². The maximum absolute atomic E-state index is 11.8. The van der Waals surface area contributed by atoms with Gasteiger partial charge >= 0.3 is 11.8 Å². The molecular weight excluding hydrogens is 416 g/mol. The van der Waals surface area contributed by atoms with E-state index in [4.69, 9.17) is 0 Å². The highest BCUT2D eigenvalue weighted by Crippen LogP contribution is 2.00. The minimum atomic E-state index is -0.212. The van der Waals surface area contributed by atoms with Crippen molar-refractivity contribution in [1.29, 1.82) is 0 Å². The van der Waals surface area contributed by atoms with Crippen LogP contribution < -0.4 is 32.4 Å². The average molecular weight is 438 g/mol. The topological polar surface area (TPSA) is 90.7 Å². The van der Waals surface area contributed by atoms with E-state index in [1.165, 1.54) is 0 Å². The highest BCUT2D eigenvalue weighted by molar-refractivity contribution is 5.85. The maximum atomic E-state index is 11.8. The molecule has 0 saturated heterocycles. The molecule has 0 aliphatic rings. The Morgan fingerprint density at radius 3 is 1.39 bits per heavy atom. The number of hydrogen-bond donors (Lipinski definition) is 2. The number of carbonyl (C=O) groups is 2. The summed E-state index contributed by atoms with van der Waals surface area (Å²) < 4.78 is 3.52. The first-order valence-corrected chi connectivity index (χ1v) is 9.31. The van der Waals surface area contributed by atoms with Gasteiger partial charge in [0.25, 0.3) is 0 Å². The quantitative estimate of drug-likeness (QED) is 0.233. The lowest BCUT2D eigenvalue weighted by molar-refractivity contribution is -0.684. The summed E-state index contributed by atoms with van der Waals surface area (Å²) in [5.41, 5.74) is 6.64. The van der Waals surface area contributed by atoms with Crippen molar-refractivity contribution in [1.82, 2.24) is 10.9 Å². The van der Waals surface area contributed by atoms with Gasteiger partial charge in [-0.3, -0.25) is 9.59 Å². The lowest BCUT2D eigenvalue weighted by Crippen LogP contribution is -3.00. The largest absolute Gasteiger partial charge is 1.00 e. The van der Waals surface area contributed by atoms with E-state index in [9.17, 15) is 9.59 Å². The van der Waals surface area contributed by atoms with Crippen LogP contribution in [0, 0.1) is 0 Å². The Morgan fingerprint density at radius 1 is 0.677 bits per heavy atom. The maximum Gasteiger partial charge on any atom is 0.305 e. The number of nitrogens with zero attached hydrogens (tertiary/aromatic N) is 4. The van der Waals surface area contributed by atoms with Gasteiger partial charge in [-0.1, -0.05) is 36.4 Å². The van der Waals surface area contributed by atoms with Crippen LogP contribution in [0.25, 0.3) is 0 Å². The Balaban J connectivity index is 0.00000341. The molecule has 0 fully saturated rings. The SMILES string of the molecule is O=C(C[n+]1ccccc1)N/N=C/c1ccc(/C=N/NC(=O)C[n+]2ccccc2)cc1.[Cl-]. The molecule has 0 saturated carbocycles. The number of benzene rings is 1. The van der Waals surface area contributed by atoms with Crippen LogP contribution in [0.15, 0.2) is 95.7 Å². The fourth-order valence-corrected chi connectivity index (χ4v) is 2.51. The van der Waals surface area contributed by atoms with Crippen LogP contribution in [-0.4, -0.2) is 24.2 Å². The number of nitrogens with one attached hydrogen (secondary N) is 2. The molecular formula is C22H22ClN6O2+. The number of aromatic nitrogens is 2.